The molecule has 0 spiro atoms. The number of imidazole rings is 1. The number of nitrogens with one attached hydrogen (secondary N) is 1. The Morgan fingerprint density at radius 2 is 2.20 bits per heavy atom. The second-order valence-electron chi connectivity index (χ2n) is 5.68. The van der Waals surface area contributed by atoms with Gasteiger partial charge in [-0.15, -0.1) is 0 Å². The zero-order chi connectivity index (χ0) is 17.8. The minimum absolute atomic E-state index is 0.0318. The van der Waals surface area contributed by atoms with Crippen LogP contribution in [0.25, 0.3) is 17.0 Å². The first-order valence-corrected chi connectivity index (χ1v) is 8.12. The van der Waals surface area contributed by atoms with Gasteiger partial charge < -0.3 is 14.8 Å². The second kappa shape index (κ2) is 7.45. The van der Waals surface area contributed by atoms with Gasteiger partial charge in [0.25, 0.3) is 0 Å². The van der Waals surface area contributed by atoms with Crippen LogP contribution in [0, 0.1) is 0 Å². The van der Waals surface area contributed by atoms with Gasteiger partial charge in [-0.2, -0.15) is 5.10 Å². The summed E-state index contributed by atoms with van der Waals surface area (Å²) < 4.78 is 6.74. The Morgan fingerprint density at radius 3 is 2.92 bits per heavy atom. The molecule has 0 aliphatic carbocycles. The lowest BCUT2D eigenvalue weighted by Gasteiger charge is -2.16. The highest BCUT2D eigenvalue weighted by Crippen LogP contribution is 2.19. The Kier molecular flexibility index (Phi) is 5.11. The van der Waals surface area contributed by atoms with Gasteiger partial charge in [0.1, 0.15) is 5.56 Å². The van der Waals surface area contributed by atoms with E-state index in [1.54, 1.807) is 11.6 Å². The van der Waals surface area contributed by atoms with Gasteiger partial charge in [0.05, 0.1) is 36.1 Å². The highest BCUT2D eigenvalue weighted by Gasteiger charge is 2.22. The average Bonchev–Trinajstić information content (AvgIpc) is 3.18. The van der Waals surface area contributed by atoms with Crippen LogP contribution in [0.15, 0.2) is 30.5 Å². The summed E-state index contributed by atoms with van der Waals surface area (Å²) in [7, 11) is 1.86. The fourth-order valence-corrected chi connectivity index (χ4v) is 2.63. The maximum absolute atomic E-state index is 12.2. The largest absolute Gasteiger partial charge is 0.462 e. The van der Waals surface area contributed by atoms with E-state index in [-0.39, 0.29) is 6.61 Å². The Hall–Kier alpha value is -2.71. The third kappa shape index (κ3) is 3.54. The van der Waals surface area contributed by atoms with Gasteiger partial charge in [0.2, 0.25) is 5.95 Å². The molecule has 0 aliphatic rings. The molecular formula is C17H21N5O3. The fourth-order valence-electron chi connectivity index (χ4n) is 2.63. The van der Waals surface area contributed by atoms with Gasteiger partial charge in [-0.1, -0.05) is 12.1 Å². The van der Waals surface area contributed by atoms with Crippen LogP contribution in [0.3, 0.4) is 0 Å². The lowest BCUT2D eigenvalue weighted by Crippen LogP contribution is -2.24. The van der Waals surface area contributed by atoms with E-state index in [0.29, 0.717) is 36.9 Å². The molecule has 0 saturated heterocycles. The Balaban J connectivity index is 2.03. The topological polar surface area (TPSA) is 96.3 Å². The third-order valence-electron chi connectivity index (χ3n) is 3.84. The van der Waals surface area contributed by atoms with Crippen LogP contribution in [0.2, 0.25) is 0 Å². The molecule has 3 aromatic rings. The molecule has 0 amide bonds. The number of aromatic nitrogens is 4. The average molecular weight is 343 g/mol. The maximum atomic E-state index is 12.2. The van der Waals surface area contributed by atoms with E-state index in [1.807, 2.05) is 36.2 Å². The molecule has 2 aromatic heterocycles. The van der Waals surface area contributed by atoms with E-state index in [1.165, 1.54) is 6.20 Å². The molecule has 2 heterocycles. The van der Waals surface area contributed by atoms with Crippen molar-refractivity contribution in [3.05, 3.63) is 41.7 Å². The van der Waals surface area contributed by atoms with E-state index in [2.05, 4.69) is 15.1 Å². The first-order valence-electron chi connectivity index (χ1n) is 8.12. The first-order chi connectivity index (χ1) is 12.1. The number of esters is 1. The van der Waals surface area contributed by atoms with Crippen LogP contribution in [0.5, 0.6) is 0 Å². The van der Waals surface area contributed by atoms with Gasteiger partial charge >= 0.3 is 5.97 Å². The highest BCUT2D eigenvalue weighted by atomic mass is 16.5. The lowest BCUT2D eigenvalue weighted by atomic mass is 10.2. The van der Waals surface area contributed by atoms with Gasteiger partial charge in [-0.05, 0) is 26.1 Å². The molecule has 0 radical (unpaired) electrons. The van der Waals surface area contributed by atoms with Crippen molar-refractivity contribution in [2.24, 2.45) is 0 Å². The number of likely N-dealkylation sites (N-methyl/N-ethyl adjacent to an activating group) is 1. The number of aromatic amines is 1. The monoisotopic (exact) mass is 343 g/mol. The van der Waals surface area contributed by atoms with Crippen molar-refractivity contribution in [2.75, 3.05) is 26.8 Å². The summed E-state index contributed by atoms with van der Waals surface area (Å²) in [4.78, 5) is 21.9. The van der Waals surface area contributed by atoms with Crippen LogP contribution in [0.4, 0.5) is 0 Å². The van der Waals surface area contributed by atoms with Crippen molar-refractivity contribution in [3.8, 4) is 5.95 Å². The number of nitrogens with zero attached hydrogens (tertiary/aromatic N) is 4. The SMILES string of the molecule is CCOC(=O)c1cnn(-c2nc3ccccc3[nH]2)c1CN(C)CCO. The number of para-hydroxylation sites is 2. The van der Waals surface area contributed by atoms with Crippen molar-refractivity contribution in [3.63, 3.8) is 0 Å². The minimum Gasteiger partial charge on any atom is -0.462 e. The molecule has 2 N–H and O–H groups in total. The summed E-state index contributed by atoms with van der Waals surface area (Å²) >= 11 is 0. The smallest absolute Gasteiger partial charge is 0.341 e. The van der Waals surface area contributed by atoms with Crippen molar-refractivity contribution < 1.29 is 14.6 Å². The van der Waals surface area contributed by atoms with Gasteiger partial charge in [-0.25, -0.2) is 14.5 Å². The molecule has 25 heavy (non-hydrogen) atoms. The van der Waals surface area contributed by atoms with E-state index in [9.17, 15) is 4.79 Å². The molecule has 1 aromatic carbocycles. The summed E-state index contributed by atoms with van der Waals surface area (Å²) in [6, 6.07) is 7.67. The molecule has 132 valence electrons. The van der Waals surface area contributed by atoms with Crippen molar-refractivity contribution in [1.82, 2.24) is 24.6 Å². The number of H-pyrrole nitrogens is 1. The molecule has 8 nitrogen and oxygen atoms in total. The van der Waals surface area contributed by atoms with Gasteiger partial charge in [-0.3, -0.25) is 4.90 Å². The summed E-state index contributed by atoms with van der Waals surface area (Å²) in [6.07, 6.45) is 1.49. The van der Waals surface area contributed by atoms with Crippen molar-refractivity contribution in [2.45, 2.75) is 13.5 Å². The quantitative estimate of drug-likeness (QED) is 0.629. The number of hydrogen-bond donors (Lipinski definition) is 2. The fraction of sp³-hybridized carbons (Fsp3) is 0.353. The molecule has 0 atom stereocenters. The van der Waals surface area contributed by atoms with E-state index < -0.39 is 5.97 Å². The summed E-state index contributed by atoms with van der Waals surface area (Å²) in [5.74, 6) is 0.112. The lowest BCUT2D eigenvalue weighted by molar-refractivity contribution is 0.0524. The maximum Gasteiger partial charge on any atom is 0.341 e. The summed E-state index contributed by atoms with van der Waals surface area (Å²) in [5, 5.41) is 13.5. The number of aliphatic hydroxyl groups excluding tert-OH is 1. The molecule has 0 unspecified atom stereocenters. The van der Waals surface area contributed by atoms with Gasteiger partial charge in [0, 0.05) is 13.1 Å². The van der Waals surface area contributed by atoms with E-state index >= 15 is 0 Å². The number of rotatable bonds is 7. The number of carbonyl (C=O) groups excluding carboxylic acids is 1. The Morgan fingerprint density at radius 1 is 1.40 bits per heavy atom. The van der Waals surface area contributed by atoms with Crippen LogP contribution in [-0.2, 0) is 11.3 Å². The first kappa shape index (κ1) is 17.1. The summed E-state index contributed by atoms with van der Waals surface area (Å²) in [6.45, 7) is 2.99. The van der Waals surface area contributed by atoms with Crippen molar-refractivity contribution in [1.29, 1.82) is 0 Å². The standard InChI is InChI=1S/C17H21N5O3/c1-3-25-16(24)12-10-18-22(15(12)11-21(2)8-9-23)17-19-13-6-4-5-7-14(13)20-17/h4-7,10,23H,3,8-9,11H2,1-2H3,(H,19,20). The highest BCUT2D eigenvalue weighted by molar-refractivity contribution is 5.90. The number of ether oxygens (including phenoxy) is 1. The summed E-state index contributed by atoms with van der Waals surface area (Å²) in [5.41, 5.74) is 2.77. The number of carbonyl (C=O) groups is 1. The molecule has 0 bridgehead atoms. The minimum atomic E-state index is -0.419. The van der Waals surface area contributed by atoms with Crippen LogP contribution in [0.1, 0.15) is 23.0 Å². The Labute approximate surface area is 145 Å². The molecule has 0 aliphatic heterocycles. The molecule has 3 rings (SSSR count). The second-order valence-corrected chi connectivity index (χ2v) is 5.68. The zero-order valence-corrected chi connectivity index (χ0v) is 14.3. The Bertz CT molecular complexity index is 837. The van der Waals surface area contributed by atoms with E-state index in [4.69, 9.17) is 9.84 Å². The normalized spacial score (nSPS) is 11.4. The zero-order valence-electron chi connectivity index (χ0n) is 14.3. The molecular weight excluding hydrogens is 322 g/mol. The number of hydrogen-bond acceptors (Lipinski definition) is 6. The van der Waals surface area contributed by atoms with Crippen LogP contribution < -0.4 is 0 Å². The predicted octanol–water partition coefficient (Wildman–Crippen LogP) is 1.35. The van der Waals surface area contributed by atoms with Crippen molar-refractivity contribution >= 4 is 17.0 Å². The number of aliphatic hydroxyl groups is 1. The van der Waals surface area contributed by atoms with Crippen LogP contribution in [-0.4, -0.2) is 62.5 Å². The van der Waals surface area contributed by atoms with Gasteiger partial charge in [0.15, 0.2) is 0 Å². The molecule has 8 heteroatoms. The third-order valence-corrected chi connectivity index (χ3v) is 3.84. The van der Waals surface area contributed by atoms with Crippen LogP contribution >= 0.6 is 0 Å². The molecule has 0 fully saturated rings. The predicted molar refractivity (Wildman–Crippen MR) is 92.6 cm³/mol. The molecule has 0 saturated carbocycles. The number of benzene rings is 1. The number of fused-ring (bicyclic) bond motifs is 1. The van der Waals surface area contributed by atoms with E-state index in [0.717, 1.165) is 11.0 Å².